The first-order chi connectivity index (χ1) is 12.1. The van der Waals surface area contributed by atoms with Gasteiger partial charge in [0.15, 0.2) is 6.61 Å². The lowest BCUT2D eigenvalue weighted by Crippen LogP contribution is -2.20. The molecule has 0 unspecified atom stereocenters. The first-order valence-corrected chi connectivity index (χ1v) is 8.10. The highest BCUT2D eigenvalue weighted by molar-refractivity contribution is 5.93. The van der Waals surface area contributed by atoms with Crippen LogP contribution in [0.4, 0.5) is 11.4 Å². The Morgan fingerprint density at radius 2 is 1.68 bits per heavy atom. The van der Waals surface area contributed by atoms with Crippen LogP contribution in [0.15, 0.2) is 48.5 Å². The number of carbonyl (C=O) groups excluding carboxylic acids is 2. The van der Waals surface area contributed by atoms with E-state index in [1.165, 1.54) is 6.92 Å². The summed E-state index contributed by atoms with van der Waals surface area (Å²) in [5.74, 6) is 0.757. The topological polar surface area (TPSA) is 76.7 Å². The molecule has 0 fully saturated rings. The summed E-state index contributed by atoms with van der Waals surface area (Å²) < 4.78 is 11.1. The van der Waals surface area contributed by atoms with Crippen LogP contribution in [0.3, 0.4) is 0 Å². The number of amides is 2. The van der Waals surface area contributed by atoms with Crippen molar-refractivity contribution >= 4 is 23.2 Å². The Hall–Kier alpha value is -3.02. The predicted octanol–water partition coefficient (Wildman–Crippen LogP) is 3.45. The second kappa shape index (κ2) is 9.32. The minimum Gasteiger partial charge on any atom is -0.491 e. The van der Waals surface area contributed by atoms with E-state index < -0.39 is 0 Å². The zero-order valence-corrected chi connectivity index (χ0v) is 14.4. The fraction of sp³-hybridized carbons (Fsp3) is 0.263. The van der Waals surface area contributed by atoms with E-state index in [2.05, 4.69) is 10.6 Å². The van der Waals surface area contributed by atoms with E-state index in [0.29, 0.717) is 29.5 Å². The summed E-state index contributed by atoms with van der Waals surface area (Å²) in [5, 5.41) is 5.45. The number of para-hydroxylation sites is 2. The molecule has 0 bridgehead atoms. The van der Waals surface area contributed by atoms with E-state index in [1.54, 1.807) is 30.3 Å². The molecule has 0 aliphatic rings. The van der Waals surface area contributed by atoms with Crippen LogP contribution in [0.5, 0.6) is 11.5 Å². The summed E-state index contributed by atoms with van der Waals surface area (Å²) >= 11 is 0. The predicted molar refractivity (Wildman–Crippen MR) is 97.1 cm³/mol. The summed E-state index contributed by atoms with van der Waals surface area (Å²) in [5.41, 5.74) is 1.29. The number of nitrogens with one attached hydrogen (secondary N) is 2. The van der Waals surface area contributed by atoms with Crippen LogP contribution in [0.25, 0.3) is 0 Å². The second-order valence-electron chi connectivity index (χ2n) is 5.39. The summed E-state index contributed by atoms with van der Waals surface area (Å²) in [6.45, 7) is 3.93. The van der Waals surface area contributed by atoms with Crippen molar-refractivity contribution in [3.8, 4) is 11.5 Å². The van der Waals surface area contributed by atoms with Gasteiger partial charge in [0, 0.05) is 12.6 Å². The Morgan fingerprint density at radius 1 is 0.960 bits per heavy atom. The van der Waals surface area contributed by atoms with Gasteiger partial charge in [-0.15, -0.1) is 0 Å². The summed E-state index contributed by atoms with van der Waals surface area (Å²) in [6.07, 6.45) is 0.889. The molecule has 0 aromatic heterocycles. The molecule has 25 heavy (non-hydrogen) atoms. The molecule has 2 N–H and O–H groups in total. The maximum Gasteiger partial charge on any atom is 0.262 e. The van der Waals surface area contributed by atoms with Crippen molar-refractivity contribution in [2.75, 3.05) is 23.8 Å². The number of carbonyl (C=O) groups is 2. The molecule has 2 aromatic rings. The molecule has 0 spiro atoms. The van der Waals surface area contributed by atoms with E-state index in [9.17, 15) is 9.59 Å². The number of rotatable bonds is 8. The molecule has 0 aliphatic heterocycles. The average molecular weight is 342 g/mol. The molecule has 2 amide bonds. The molecule has 0 aliphatic carbocycles. The van der Waals surface area contributed by atoms with E-state index in [4.69, 9.17) is 9.47 Å². The van der Waals surface area contributed by atoms with E-state index in [0.717, 1.165) is 6.42 Å². The molecule has 132 valence electrons. The number of hydrogen-bond acceptors (Lipinski definition) is 4. The molecule has 2 rings (SSSR count). The molecule has 6 nitrogen and oxygen atoms in total. The van der Waals surface area contributed by atoms with Crippen molar-refractivity contribution in [1.82, 2.24) is 0 Å². The van der Waals surface area contributed by atoms with Gasteiger partial charge in [-0.1, -0.05) is 19.1 Å². The van der Waals surface area contributed by atoms with Crippen LogP contribution >= 0.6 is 0 Å². The molecule has 0 atom stereocenters. The lowest BCUT2D eigenvalue weighted by Gasteiger charge is -2.12. The fourth-order valence-electron chi connectivity index (χ4n) is 2.08. The van der Waals surface area contributed by atoms with Crippen molar-refractivity contribution in [2.45, 2.75) is 20.3 Å². The van der Waals surface area contributed by atoms with Crippen LogP contribution in [-0.2, 0) is 9.59 Å². The zero-order chi connectivity index (χ0) is 18.1. The number of hydrogen-bond donors (Lipinski definition) is 2. The Bertz CT molecular complexity index is 714. The van der Waals surface area contributed by atoms with Crippen molar-refractivity contribution in [2.24, 2.45) is 0 Å². The molecule has 0 saturated carbocycles. The third-order valence-electron chi connectivity index (χ3n) is 3.17. The van der Waals surface area contributed by atoms with Gasteiger partial charge in [-0.25, -0.2) is 0 Å². The van der Waals surface area contributed by atoms with Gasteiger partial charge in [0.2, 0.25) is 5.91 Å². The second-order valence-corrected chi connectivity index (χ2v) is 5.39. The van der Waals surface area contributed by atoms with Crippen molar-refractivity contribution in [1.29, 1.82) is 0 Å². The van der Waals surface area contributed by atoms with Crippen LogP contribution in [0.2, 0.25) is 0 Å². The van der Waals surface area contributed by atoms with Gasteiger partial charge in [0.1, 0.15) is 11.5 Å². The average Bonchev–Trinajstić information content (AvgIpc) is 2.60. The van der Waals surface area contributed by atoms with E-state index in [1.807, 2.05) is 25.1 Å². The van der Waals surface area contributed by atoms with Crippen molar-refractivity contribution in [3.63, 3.8) is 0 Å². The molecule has 0 radical (unpaired) electrons. The fourth-order valence-corrected chi connectivity index (χ4v) is 2.08. The molecule has 6 heteroatoms. The minimum atomic E-state index is -0.279. The highest BCUT2D eigenvalue weighted by Gasteiger charge is 2.08. The molecular formula is C19H22N2O4. The van der Waals surface area contributed by atoms with Crippen LogP contribution in [0.1, 0.15) is 20.3 Å². The smallest absolute Gasteiger partial charge is 0.262 e. The summed E-state index contributed by atoms with van der Waals surface area (Å²) in [4.78, 5) is 23.1. The van der Waals surface area contributed by atoms with Gasteiger partial charge in [0.25, 0.3) is 5.91 Å². The highest BCUT2D eigenvalue weighted by Crippen LogP contribution is 2.24. The largest absolute Gasteiger partial charge is 0.491 e. The van der Waals surface area contributed by atoms with Crippen LogP contribution in [-0.4, -0.2) is 25.0 Å². The van der Waals surface area contributed by atoms with Crippen molar-refractivity contribution in [3.05, 3.63) is 48.5 Å². The van der Waals surface area contributed by atoms with Gasteiger partial charge in [-0.2, -0.15) is 0 Å². The van der Waals surface area contributed by atoms with Gasteiger partial charge >= 0.3 is 0 Å². The standard InChI is InChI=1S/C19H22N2O4/c1-3-12-24-18-7-5-4-6-17(18)21-19(23)13-25-16-10-8-15(9-11-16)20-14(2)22/h4-11H,3,12-13H2,1-2H3,(H,20,22)(H,21,23). The lowest BCUT2D eigenvalue weighted by molar-refractivity contribution is -0.118. The Kier molecular flexibility index (Phi) is 6.83. The third kappa shape index (κ3) is 6.18. The zero-order valence-electron chi connectivity index (χ0n) is 14.4. The van der Waals surface area contributed by atoms with Crippen molar-refractivity contribution < 1.29 is 19.1 Å². The van der Waals surface area contributed by atoms with E-state index >= 15 is 0 Å². The number of benzene rings is 2. The summed E-state index contributed by atoms with van der Waals surface area (Å²) in [7, 11) is 0. The first-order valence-electron chi connectivity index (χ1n) is 8.10. The van der Waals surface area contributed by atoms with E-state index in [-0.39, 0.29) is 18.4 Å². The quantitative estimate of drug-likeness (QED) is 0.770. The van der Waals surface area contributed by atoms with Crippen LogP contribution in [0, 0.1) is 0 Å². The maximum atomic E-state index is 12.1. The molecule has 0 saturated heterocycles. The Balaban J connectivity index is 1.87. The molecular weight excluding hydrogens is 320 g/mol. The highest BCUT2D eigenvalue weighted by atomic mass is 16.5. The third-order valence-corrected chi connectivity index (χ3v) is 3.17. The monoisotopic (exact) mass is 342 g/mol. The SMILES string of the molecule is CCCOc1ccccc1NC(=O)COc1ccc(NC(C)=O)cc1. The van der Waals surface area contributed by atoms with Gasteiger partial charge in [0.05, 0.1) is 12.3 Å². The molecule has 2 aromatic carbocycles. The van der Waals surface area contributed by atoms with Gasteiger partial charge < -0.3 is 20.1 Å². The lowest BCUT2D eigenvalue weighted by atomic mass is 10.3. The van der Waals surface area contributed by atoms with Gasteiger partial charge in [-0.05, 0) is 42.8 Å². The Labute approximate surface area is 147 Å². The molecule has 0 heterocycles. The normalized spacial score (nSPS) is 10.0. The van der Waals surface area contributed by atoms with Crippen LogP contribution < -0.4 is 20.1 Å². The number of ether oxygens (including phenoxy) is 2. The first kappa shape index (κ1) is 18.3. The van der Waals surface area contributed by atoms with Gasteiger partial charge in [-0.3, -0.25) is 9.59 Å². The minimum absolute atomic E-state index is 0.123. The maximum absolute atomic E-state index is 12.1. The number of anilines is 2. The summed E-state index contributed by atoms with van der Waals surface area (Å²) in [6, 6.07) is 14.1. The Morgan fingerprint density at radius 3 is 2.36 bits per heavy atom.